The Bertz CT molecular complexity index is 1130. The Hall–Kier alpha value is -3.93. The van der Waals surface area contributed by atoms with Gasteiger partial charge in [0.25, 0.3) is 0 Å². The first-order valence-corrected chi connectivity index (χ1v) is 11.5. The van der Waals surface area contributed by atoms with Crippen molar-refractivity contribution in [3.8, 4) is 11.9 Å². The molecule has 0 atom stereocenters. The predicted molar refractivity (Wildman–Crippen MR) is 129 cm³/mol. The molecule has 11 nitrogen and oxygen atoms in total. The maximum atomic E-state index is 12.2. The van der Waals surface area contributed by atoms with Gasteiger partial charge >= 0.3 is 12.0 Å². The molecule has 0 saturated carbocycles. The molecule has 3 heterocycles. The first-order chi connectivity index (χ1) is 16.5. The van der Waals surface area contributed by atoms with Gasteiger partial charge in [0.15, 0.2) is 5.13 Å². The van der Waals surface area contributed by atoms with E-state index in [0.29, 0.717) is 36.3 Å². The SMILES string of the molecule is COc1cc(N2CCc3nc(NC(=O)NCCC(=O)Nc4ccccc4)sc3C2)nc(OC)n1. The van der Waals surface area contributed by atoms with Gasteiger partial charge in [0, 0.05) is 42.6 Å². The van der Waals surface area contributed by atoms with E-state index < -0.39 is 6.03 Å². The molecule has 12 heteroatoms. The van der Waals surface area contributed by atoms with Crippen LogP contribution < -0.4 is 30.3 Å². The smallest absolute Gasteiger partial charge is 0.321 e. The van der Waals surface area contributed by atoms with Crippen molar-refractivity contribution >= 4 is 39.9 Å². The molecule has 1 aliphatic rings. The van der Waals surface area contributed by atoms with E-state index in [4.69, 9.17) is 9.47 Å². The van der Waals surface area contributed by atoms with Crippen LogP contribution in [0.25, 0.3) is 0 Å². The van der Waals surface area contributed by atoms with Crippen LogP contribution in [0.3, 0.4) is 0 Å². The highest BCUT2D eigenvalue weighted by Gasteiger charge is 2.23. The minimum atomic E-state index is -0.402. The number of rotatable bonds is 8. The molecule has 0 saturated heterocycles. The van der Waals surface area contributed by atoms with Crippen LogP contribution >= 0.6 is 11.3 Å². The van der Waals surface area contributed by atoms with E-state index in [2.05, 4.69) is 35.8 Å². The number of para-hydroxylation sites is 1. The summed E-state index contributed by atoms with van der Waals surface area (Å²) in [7, 11) is 3.05. The van der Waals surface area contributed by atoms with Crippen LogP contribution in [-0.2, 0) is 17.8 Å². The normalized spacial score (nSPS) is 12.5. The summed E-state index contributed by atoms with van der Waals surface area (Å²) in [6, 6.07) is 10.8. The van der Waals surface area contributed by atoms with Crippen LogP contribution in [0, 0.1) is 0 Å². The predicted octanol–water partition coefficient (Wildman–Crippen LogP) is 2.66. The number of methoxy groups -OCH3 is 2. The van der Waals surface area contributed by atoms with Gasteiger partial charge in [-0.05, 0) is 12.1 Å². The van der Waals surface area contributed by atoms with Gasteiger partial charge in [-0.25, -0.2) is 9.78 Å². The lowest BCUT2D eigenvalue weighted by Gasteiger charge is -2.27. The Morgan fingerprint density at radius 1 is 1.09 bits per heavy atom. The molecule has 3 aromatic rings. The highest BCUT2D eigenvalue weighted by atomic mass is 32.1. The molecule has 1 aliphatic heterocycles. The Morgan fingerprint density at radius 2 is 1.91 bits per heavy atom. The highest BCUT2D eigenvalue weighted by molar-refractivity contribution is 7.15. The molecule has 2 aromatic heterocycles. The van der Waals surface area contributed by atoms with Gasteiger partial charge in [-0.2, -0.15) is 9.97 Å². The summed E-state index contributed by atoms with van der Waals surface area (Å²) < 4.78 is 10.4. The Morgan fingerprint density at radius 3 is 2.68 bits per heavy atom. The molecule has 34 heavy (non-hydrogen) atoms. The molecule has 0 unspecified atom stereocenters. The summed E-state index contributed by atoms with van der Waals surface area (Å²) in [4.78, 5) is 40.5. The Balaban J connectivity index is 1.28. The molecule has 0 radical (unpaired) electrons. The molecule has 3 N–H and O–H groups in total. The second kappa shape index (κ2) is 10.8. The van der Waals surface area contributed by atoms with E-state index in [-0.39, 0.29) is 24.9 Å². The lowest BCUT2D eigenvalue weighted by atomic mass is 10.2. The Kier molecular flexibility index (Phi) is 7.38. The maximum absolute atomic E-state index is 12.2. The van der Waals surface area contributed by atoms with Crippen molar-refractivity contribution in [2.75, 3.05) is 42.8 Å². The third-order valence-electron chi connectivity index (χ3n) is 5.03. The summed E-state index contributed by atoms with van der Waals surface area (Å²) in [6.45, 7) is 1.52. The number of aromatic nitrogens is 3. The lowest BCUT2D eigenvalue weighted by Crippen LogP contribution is -2.31. The summed E-state index contributed by atoms with van der Waals surface area (Å²) >= 11 is 1.41. The molecular weight excluding hydrogens is 458 g/mol. The van der Waals surface area contributed by atoms with Crippen molar-refractivity contribution < 1.29 is 19.1 Å². The number of carbonyl (C=O) groups excluding carboxylic acids is 2. The fraction of sp³-hybridized carbons (Fsp3) is 0.318. The number of nitrogens with one attached hydrogen (secondary N) is 3. The summed E-state index contributed by atoms with van der Waals surface area (Å²) in [5.41, 5.74) is 1.67. The van der Waals surface area contributed by atoms with Crippen molar-refractivity contribution in [1.29, 1.82) is 0 Å². The number of amides is 3. The molecule has 1 aromatic carbocycles. The first-order valence-electron chi connectivity index (χ1n) is 10.6. The van der Waals surface area contributed by atoms with E-state index in [1.54, 1.807) is 25.3 Å². The molecular formula is C22H25N7O4S. The number of hydrogen-bond acceptors (Lipinski definition) is 9. The van der Waals surface area contributed by atoms with Crippen molar-refractivity contribution in [1.82, 2.24) is 20.3 Å². The van der Waals surface area contributed by atoms with Crippen molar-refractivity contribution in [2.24, 2.45) is 0 Å². The topological polar surface area (TPSA) is 131 Å². The highest BCUT2D eigenvalue weighted by Crippen LogP contribution is 2.31. The number of urea groups is 1. The van der Waals surface area contributed by atoms with E-state index in [9.17, 15) is 9.59 Å². The standard InChI is InChI=1S/C22H25N7O4S/c1-32-19-12-17(26-21(27-19)33-2)29-11-9-15-16(13-29)34-22(25-15)28-20(31)23-10-8-18(30)24-14-6-4-3-5-7-14/h3-7,12H,8-11,13H2,1-2H3,(H,24,30)(H2,23,25,28,31). The number of anilines is 3. The number of thiazole rings is 1. The zero-order valence-electron chi connectivity index (χ0n) is 18.8. The molecule has 178 valence electrons. The summed E-state index contributed by atoms with van der Waals surface area (Å²) in [5, 5.41) is 8.73. The summed E-state index contributed by atoms with van der Waals surface area (Å²) in [6.07, 6.45) is 0.876. The third kappa shape index (κ3) is 5.90. The van der Waals surface area contributed by atoms with E-state index in [0.717, 1.165) is 16.3 Å². The van der Waals surface area contributed by atoms with Crippen LogP contribution in [0.1, 0.15) is 17.0 Å². The zero-order chi connectivity index (χ0) is 23.9. The second-order valence-corrected chi connectivity index (χ2v) is 8.44. The number of hydrogen-bond donors (Lipinski definition) is 3. The summed E-state index contributed by atoms with van der Waals surface area (Å²) in [5.74, 6) is 0.950. The molecule has 4 rings (SSSR count). The zero-order valence-corrected chi connectivity index (χ0v) is 19.6. The first kappa shape index (κ1) is 23.2. The number of benzene rings is 1. The molecule has 0 bridgehead atoms. The van der Waals surface area contributed by atoms with Gasteiger partial charge in [0.05, 0.1) is 26.5 Å². The monoisotopic (exact) mass is 483 g/mol. The van der Waals surface area contributed by atoms with E-state index in [1.165, 1.54) is 18.4 Å². The number of ether oxygens (including phenoxy) is 2. The molecule has 3 amide bonds. The average Bonchev–Trinajstić information content (AvgIpc) is 3.25. The van der Waals surface area contributed by atoms with Crippen molar-refractivity contribution in [3.05, 3.63) is 47.0 Å². The van der Waals surface area contributed by atoms with Gasteiger partial charge in [0.1, 0.15) is 5.82 Å². The van der Waals surface area contributed by atoms with Crippen LogP contribution in [0.2, 0.25) is 0 Å². The van der Waals surface area contributed by atoms with Crippen LogP contribution in [-0.4, -0.2) is 54.2 Å². The molecule has 0 aliphatic carbocycles. The van der Waals surface area contributed by atoms with E-state index >= 15 is 0 Å². The van der Waals surface area contributed by atoms with Gasteiger partial charge in [-0.1, -0.05) is 29.5 Å². The van der Waals surface area contributed by atoms with Gasteiger partial charge in [-0.15, -0.1) is 0 Å². The van der Waals surface area contributed by atoms with Gasteiger partial charge in [-0.3, -0.25) is 10.1 Å². The lowest BCUT2D eigenvalue weighted by molar-refractivity contribution is -0.116. The van der Waals surface area contributed by atoms with Crippen LogP contribution in [0.4, 0.5) is 21.4 Å². The molecule has 0 spiro atoms. The second-order valence-electron chi connectivity index (χ2n) is 7.36. The number of carbonyl (C=O) groups is 2. The molecule has 0 fully saturated rings. The Labute approximate surface area is 200 Å². The van der Waals surface area contributed by atoms with Gasteiger partial charge in [0.2, 0.25) is 11.8 Å². The average molecular weight is 484 g/mol. The van der Waals surface area contributed by atoms with E-state index in [1.807, 2.05) is 18.2 Å². The number of nitrogens with zero attached hydrogens (tertiary/aromatic N) is 4. The minimum Gasteiger partial charge on any atom is -0.481 e. The quantitative estimate of drug-likeness (QED) is 0.446. The van der Waals surface area contributed by atoms with Crippen LogP contribution in [0.5, 0.6) is 11.9 Å². The fourth-order valence-electron chi connectivity index (χ4n) is 3.37. The number of fused-ring (bicyclic) bond motifs is 1. The maximum Gasteiger partial charge on any atom is 0.321 e. The largest absolute Gasteiger partial charge is 0.481 e. The van der Waals surface area contributed by atoms with Gasteiger partial charge < -0.3 is 25.0 Å². The fourth-order valence-corrected chi connectivity index (χ4v) is 4.39. The van der Waals surface area contributed by atoms with Crippen molar-refractivity contribution in [2.45, 2.75) is 19.4 Å². The minimum absolute atomic E-state index is 0.164. The van der Waals surface area contributed by atoms with Crippen molar-refractivity contribution in [3.63, 3.8) is 0 Å². The third-order valence-corrected chi connectivity index (χ3v) is 6.03. The van der Waals surface area contributed by atoms with Crippen LogP contribution in [0.15, 0.2) is 36.4 Å².